The van der Waals surface area contributed by atoms with Crippen molar-refractivity contribution in [2.24, 2.45) is 0 Å². The predicted octanol–water partition coefficient (Wildman–Crippen LogP) is 3.18. The number of nitrogens with zero attached hydrogens (tertiary/aromatic N) is 1. The van der Waals surface area contributed by atoms with Gasteiger partial charge in [-0.3, -0.25) is 14.5 Å². The molecule has 1 saturated heterocycles. The molecule has 108 valence electrons. The van der Waals surface area contributed by atoms with Crippen molar-refractivity contribution in [3.63, 3.8) is 0 Å². The van der Waals surface area contributed by atoms with Crippen LogP contribution in [0.2, 0.25) is 0 Å². The molecule has 4 nitrogen and oxygen atoms in total. The largest absolute Gasteiger partial charge is 0.373 e. The Morgan fingerprint density at radius 3 is 2.40 bits per heavy atom. The first-order valence-electron chi connectivity index (χ1n) is 6.94. The maximum atomic E-state index is 12.4. The Kier molecular flexibility index (Phi) is 4.81. The SMILES string of the molecule is CCC(CC)N1C(=O)CC(Nc2ccc(Br)cc2)C1=O. The lowest BCUT2D eigenvalue weighted by Crippen LogP contribution is -2.41. The van der Waals surface area contributed by atoms with Gasteiger partial charge in [-0.25, -0.2) is 0 Å². The molecule has 5 heteroatoms. The summed E-state index contributed by atoms with van der Waals surface area (Å²) in [5.41, 5.74) is 0.853. The van der Waals surface area contributed by atoms with Crippen molar-refractivity contribution in [3.05, 3.63) is 28.7 Å². The van der Waals surface area contributed by atoms with Gasteiger partial charge in [-0.15, -0.1) is 0 Å². The summed E-state index contributed by atoms with van der Waals surface area (Å²) in [7, 11) is 0. The first-order chi connectivity index (χ1) is 9.56. The molecule has 1 heterocycles. The van der Waals surface area contributed by atoms with Crippen LogP contribution in [0.5, 0.6) is 0 Å². The summed E-state index contributed by atoms with van der Waals surface area (Å²) in [5, 5.41) is 3.15. The van der Waals surface area contributed by atoms with E-state index in [1.807, 2.05) is 38.1 Å². The van der Waals surface area contributed by atoms with Gasteiger partial charge in [0.15, 0.2) is 0 Å². The van der Waals surface area contributed by atoms with E-state index in [2.05, 4.69) is 21.2 Å². The van der Waals surface area contributed by atoms with Crippen molar-refractivity contribution in [2.75, 3.05) is 5.32 Å². The second-order valence-corrected chi connectivity index (χ2v) is 5.90. The normalized spacial score (nSPS) is 19.0. The minimum atomic E-state index is -0.440. The first kappa shape index (κ1) is 15.0. The van der Waals surface area contributed by atoms with E-state index in [9.17, 15) is 9.59 Å². The number of amides is 2. The Labute approximate surface area is 127 Å². The lowest BCUT2D eigenvalue weighted by molar-refractivity contribution is -0.141. The average Bonchev–Trinajstić information content (AvgIpc) is 2.71. The Bertz CT molecular complexity index is 497. The van der Waals surface area contributed by atoms with Gasteiger partial charge >= 0.3 is 0 Å². The second kappa shape index (κ2) is 6.39. The number of likely N-dealkylation sites (tertiary alicyclic amines) is 1. The summed E-state index contributed by atoms with van der Waals surface area (Å²) in [6, 6.07) is 7.17. The fraction of sp³-hybridized carbons (Fsp3) is 0.467. The number of hydrogen-bond donors (Lipinski definition) is 1. The predicted molar refractivity (Wildman–Crippen MR) is 82.4 cm³/mol. The highest BCUT2D eigenvalue weighted by Gasteiger charge is 2.41. The highest BCUT2D eigenvalue weighted by atomic mass is 79.9. The molecule has 0 aliphatic carbocycles. The summed E-state index contributed by atoms with van der Waals surface area (Å²) < 4.78 is 0.982. The highest BCUT2D eigenvalue weighted by Crippen LogP contribution is 2.23. The van der Waals surface area contributed by atoms with E-state index in [0.29, 0.717) is 0 Å². The molecular formula is C15H19BrN2O2. The maximum absolute atomic E-state index is 12.4. The fourth-order valence-corrected chi connectivity index (χ4v) is 2.81. The van der Waals surface area contributed by atoms with Gasteiger partial charge in [0.05, 0.1) is 6.42 Å². The number of benzene rings is 1. The van der Waals surface area contributed by atoms with E-state index in [0.717, 1.165) is 23.0 Å². The van der Waals surface area contributed by atoms with Gasteiger partial charge in [0.25, 0.3) is 5.91 Å². The van der Waals surface area contributed by atoms with Gasteiger partial charge in [-0.2, -0.15) is 0 Å². The maximum Gasteiger partial charge on any atom is 0.252 e. The van der Waals surface area contributed by atoms with Crippen LogP contribution < -0.4 is 5.32 Å². The standard InChI is InChI=1S/C15H19BrN2O2/c1-3-12(4-2)18-14(19)9-13(15(18)20)17-11-7-5-10(16)6-8-11/h5-8,12-13,17H,3-4,9H2,1-2H3. The Balaban J connectivity index is 2.09. The van der Waals surface area contributed by atoms with Gasteiger partial charge in [-0.05, 0) is 37.1 Å². The van der Waals surface area contributed by atoms with Gasteiger partial charge in [-0.1, -0.05) is 29.8 Å². The topological polar surface area (TPSA) is 49.4 Å². The van der Waals surface area contributed by atoms with E-state index >= 15 is 0 Å². The lowest BCUT2D eigenvalue weighted by atomic mass is 10.1. The molecule has 0 aromatic heterocycles. The van der Waals surface area contributed by atoms with Crippen molar-refractivity contribution in [2.45, 2.75) is 45.2 Å². The van der Waals surface area contributed by atoms with Gasteiger partial charge < -0.3 is 5.32 Å². The number of nitrogens with one attached hydrogen (secondary N) is 1. The highest BCUT2D eigenvalue weighted by molar-refractivity contribution is 9.10. The van der Waals surface area contributed by atoms with Gasteiger partial charge in [0, 0.05) is 16.2 Å². The van der Waals surface area contributed by atoms with Crippen LogP contribution in [-0.2, 0) is 9.59 Å². The molecule has 0 saturated carbocycles. The molecule has 0 radical (unpaired) electrons. The van der Waals surface area contributed by atoms with E-state index < -0.39 is 6.04 Å². The molecule has 1 unspecified atom stereocenters. The molecule has 1 N–H and O–H groups in total. The minimum absolute atomic E-state index is 0.0201. The van der Waals surface area contributed by atoms with E-state index in [1.165, 1.54) is 4.90 Å². The first-order valence-corrected chi connectivity index (χ1v) is 7.74. The third-order valence-corrected chi connectivity index (χ3v) is 4.20. The van der Waals surface area contributed by atoms with E-state index in [4.69, 9.17) is 0 Å². The van der Waals surface area contributed by atoms with E-state index in [1.54, 1.807) is 0 Å². The van der Waals surface area contributed by atoms with Crippen LogP contribution >= 0.6 is 15.9 Å². The number of rotatable bonds is 5. The number of carbonyl (C=O) groups is 2. The Morgan fingerprint density at radius 1 is 1.25 bits per heavy atom. The zero-order valence-electron chi connectivity index (χ0n) is 11.7. The minimum Gasteiger partial charge on any atom is -0.373 e. The van der Waals surface area contributed by atoms with Crippen molar-refractivity contribution in [3.8, 4) is 0 Å². The second-order valence-electron chi connectivity index (χ2n) is 4.98. The number of imide groups is 1. The molecule has 1 aliphatic rings. The number of hydrogen-bond acceptors (Lipinski definition) is 3. The molecule has 2 amide bonds. The smallest absolute Gasteiger partial charge is 0.252 e. The van der Waals surface area contributed by atoms with Crippen LogP contribution in [0, 0.1) is 0 Å². The molecule has 1 aromatic rings. The molecule has 2 rings (SSSR count). The quantitative estimate of drug-likeness (QED) is 0.839. The van der Waals surface area contributed by atoms with Crippen molar-refractivity contribution in [1.29, 1.82) is 0 Å². The van der Waals surface area contributed by atoms with Crippen LogP contribution in [0.1, 0.15) is 33.1 Å². The lowest BCUT2D eigenvalue weighted by Gasteiger charge is -2.24. The summed E-state index contributed by atoms with van der Waals surface area (Å²) >= 11 is 3.37. The van der Waals surface area contributed by atoms with Gasteiger partial charge in [0.2, 0.25) is 5.91 Å². The molecule has 0 bridgehead atoms. The molecule has 1 aromatic carbocycles. The fourth-order valence-electron chi connectivity index (χ4n) is 2.55. The van der Waals surface area contributed by atoms with Crippen molar-refractivity contribution >= 4 is 33.4 Å². The average molecular weight is 339 g/mol. The molecule has 1 atom stereocenters. The molecule has 1 fully saturated rings. The third-order valence-electron chi connectivity index (χ3n) is 3.68. The summed E-state index contributed by atoms with van der Waals surface area (Å²) in [4.78, 5) is 25.9. The number of halogens is 1. The zero-order valence-corrected chi connectivity index (χ0v) is 13.3. The number of anilines is 1. The summed E-state index contributed by atoms with van der Waals surface area (Å²) in [6.07, 6.45) is 1.85. The summed E-state index contributed by atoms with van der Waals surface area (Å²) in [6.45, 7) is 4.01. The van der Waals surface area contributed by atoms with Crippen LogP contribution in [-0.4, -0.2) is 28.8 Å². The molecule has 0 spiro atoms. The van der Waals surface area contributed by atoms with Crippen molar-refractivity contribution in [1.82, 2.24) is 4.90 Å². The Hall–Kier alpha value is -1.36. The number of carbonyl (C=O) groups excluding carboxylic acids is 2. The van der Waals surface area contributed by atoms with Crippen LogP contribution in [0.25, 0.3) is 0 Å². The van der Waals surface area contributed by atoms with Crippen molar-refractivity contribution < 1.29 is 9.59 Å². The summed E-state index contributed by atoms with van der Waals surface area (Å²) in [5.74, 6) is -0.176. The molecule has 20 heavy (non-hydrogen) atoms. The molecule has 1 aliphatic heterocycles. The Morgan fingerprint density at radius 2 is 1.85 bits per heavy atom. The van der Waals surface area contributed by atoms with Crippen LogP contribution in [0.3, 0.4) is 0 Å². The van der Waals surface area contributed by atoms with Gasteiger partial charge in [0.1, 0.15) is 6.04 Å². The monoisotopic (exact) mass is 338 g/mol. The van der Waals surface area contributed by atoms with Crippen LogP contribution in [0.4, 0.5) is 5.69 Å². The third kappa shape index (κ3) is 3.03. The van der Waals surface area contributed by atoms with E-state index in [-0.39, 0.29) is 24.3 Å². The van der Waals surface area contributed by atoms with Crippen LogP contribution in [0.15, 0.2) is 28.7 Å². The molecular weight excluding hydrogens is 320 g/mol. The zero-order chi connectivity index (χ0) is 14.7.